The fourth-order valence-corrected chi connectivity index (χ4v) is 1.69. The number of halogens is 1. The van der Waals surface area contributed by atoms with Gasteiger partial charge in [0.25, 0.3) is 0 Å². The summed E-state index contributed by atoms with van der Waals surface area (Å²) in [5.41, 5.74) is 1.01. The first-order chi connectivity index (χ1) is 9.66. The highest BCUT2D eigenvalue weighted by molar-refractivity contribution is 5.72. The van der Waals surface area contributed by atoms with Gasteiger partial charge in [-0.15, -0.1) is 0 Å². The van der Waals surface area contributed by atoms with Crippen LogP contribution in [-0.4, -0.2) is 24.0 Å². The van der Waals surface area contributed by atoms with Crippen molar-refractivity contribution in [3.63, 3.8) is 0 Å². The number of hydrogen-bond acceptors (Lipinski definition) is 3. The molecule has 2 rings (SSSR count). The first-order valence-electron chi connectivity index (χ1n) is 6.25. The summed E-state index contributed by atoms with van der Waals surface area (Å²) in [6, 6.07) is 9.90. The molecule has 2 aromatic rings. The molecule has 0 bridgehead atoms. The van der Waals surface area contributed by atoms with E-state index in [0.717, 1.165) is 0 Å². The fraction of sp³-hybridized carbons (Fsp3) is 0.200. The second kappa shape index (κ2) is 6.65. The van der Waals surface area contributed by atoms with E-state index in [1.807, 2.05) is 0 Å². The van der Waals surface area contributed by atoms with E-state index >= 15 is 0 Å². The van der Waals surface area contributed by atoms with Crippen LogP contribution in [0.3, 0.4) is 0 Å². The Balaban J connectivity index is 1.97. The van der Waals surface area contributed by atoms with Crippen LogP contribution in [0.5, 0.6) is 5.75 Å². The minimum atomic E-state index is -0.306. The Kier molecular flexibility index (Phi) is 4.65. The molecular weight excluding hydrogens is 259 g/mol. The maximum Gasteiger partial charge on any atom is 0.216 e. The van der Waals surface area contributed by atoms with Crippen molar-refractivity contribution >= 4 is 5.91 Å². The third-order valence-corrected chi connectivity index (χ3v) is 2.63. The molecule has 0 aliphatic carbocycles. The number of nitrogens with one attached hydrogen (secondary N) is 1. The lowest BCUT2D eigenvalue weighted by Gasteiger charge is -2.07. The first-order valence-corrected chi connectivity index (χ1v) is 6.25. The van der Waals surface area contributed by atoms with E-state index in [-0.39, 0.29) is 11.7 Å². The van der Waals surface area contributed by atoms with Gasteiger partial charge >= 0.3 is 0 Å². The van der Waals surface area contributed by atoms with Crippen LogP contribution >= 0.6 is 0 Å². The zero-order valence-corrected chi connectivity index (χ0v) is 11.1. The van der Waals surface area contributed by atoms with Gasteiger partial charge in [0.1, 0.15) is 18.2 Å². The van der Waals surface area contributed by atoms with E-state index in [4.69, 9.17) is 4.74 Å². The van der Waals surface area contributed by atoms with Crippen LogP contribution in [0.2, 0.25) is 0 Å². The van der Waals surface area contributed by atoms with Crippen molar-refractivity contribution in [2.45, 2.75) is 6.92 Å². The molecule has 0 fully saturated rings. The second-order valence-electron chi connectivity index (χ2n) is 4.19. The smallest absolute Gasteiger partial charge is 0.216 e. The average Bonchev–Trinajstić information content (AvgIpc) is 2.45. The summed E-state index contributed by atoms with van der Waals surface area (Å²) >= 11 is 0. The molecule has 1 amide bonds. The molecule has 0 saturated carbocycles. The summed E-state index contributed by atoms with van der Waals surface area (Å²) in [4.78, 5) is 14.8. The van der Waals surface area contributed by atoms with Gasteiger partial charge in [0.15, 0.2) is 0 Å². The van der Waals surface area contributed by atoms with Crippen molar-refractivity contribution in [1.82, 2.24) is 10.3 Å². The Morgan fingerprint density at radius 1 is 1.30 bits per heavy atom. The molecule has 0 radical (unpaired) electrons. The number of pyridine rings is 1. The summed E-state index contributed by atoms with van der Waals surface area (Å²) in [6.45, 7) is 2.25. The molecular formula is C15H15FN2O2. The molecule has 1 aromatic heterocycles. The lowest BCUT2D eigenvalue weighted by atomic mass is 10.1. The van der Waals surface area contributed by atoms with Crippen molar-refractivity contribution in [3.05, 3.63) is 48.4 Å². The molecule has 1 aromatic carbocycles. The lowest BCUT2D eigenvalue weighted by molar-refractivity contribution is -0.119. The first kappa shape index (κ1) is 14.0. The summed E-state index contributed by atoms with van der Waals surface area (Å²) in [5, 5.41) is 2.63. The van der Waals surface area contributed by atoms with Crippen LogP contribution in [-0.2, 0) is 4.79 Å². The van der Waals surface area contributed by atoms with E-state index in [2.05, 4.69) is 10.3 Å². The van der Waals surface area contributed by atoms with E-state index in [1.165, 1.54) is 19.2 Å². The minimum absolute atomic E-state index is 0.0957. The quantitative estimate of drug-likeness (QED) is 0.852. The molecule has 0 unspecified atom stereocenters. The highest BCUT2D eigenvalue weighted by Crippen LogP contribution is 2.21. The van der Waals surface area contributed by atoms with E-state index in [9.17, 15) is 9.18 Å². The average molecular weight is 274 g/mol. The molecule has 0 saturated heterocycles. The Bertz CT molecular complexity index is 585. The van der Waals surface area contributed by atoms with E-state index < -0.39 is 0 Å². The number of rotatable bonds is 5. The number of ether oxygens (including phenoxy) is 1. The fourth-order valence-electron chi connectivity index (χ4n) is 1.69. The van der Waals surface area contributed by atoms with Crippen LogP contribution in [0.15, 0.2) is 42.6 Å². The monoisotopic (exact) mass is 274 g/mol. The minimum Gasteiger partial charge on any atom is -0.490 e. The molecule has 104 valence electrons. The Morgan fingerprint density at radius 3 is 2.75 bits per heavy atom. The van der Waals surface area contributed by atoms with Gasteiger partial charge in [0, 0.05) is 12.5 Å². The van der Waals surface area contributed by atoms with Crippen molar-refractivity contribution < 1.29 is 13.9 Å². The number of aromatic nitrogens is 1. The number of nitrogens with zero attached hydrogens (tertiary/aromatic N) is 1. The van der Waals surface area contributed by atoms with Gasteiger partial charge in [0.2, 0.25) is 5.91 Å². The van der Waals surface area contributed by atoms with Gasteiger partial charge < -0.3 is 10.1 Å². The lowest BCUT2D eigenvalue weighted by Crippen LogP contribution is -2.25. The van der Waals surface area contributed by atoms with Gasteiger partial charge in [-0.25, -0.2) is 4.39 Å². The van der Waals surface area contributed by atoms with E-state index in [1.54, 1.807) is 30.3 Å². The molecule has 4 nitrogen and oxygen atoms in total. The molecule has 0 aliphatic heterocycles. The van der Waals surface area contributed by atoms with Gasteiger partial charge in [-0.1, -0.05) is 12.1 Å². The van der Waals surface area contributed by atoms with Crippen molar-refractivity contribution in [2.24, 2.45) is 0 Å². The molecule has 5 heteroatoms. The highest BCUT2D eigenvalue weighted by atomic mass is 19.1. The predicted octanol–water partition coefficient (Wildman–Crippen LogP) is 2.40. The second-order valence-corrected chi connectivity index (χ2v) is 4.19. The summed E-state index contributed by atoms with van der Waals surface area (Å²) in [5.74, 6) is 0.177. The number of benzene rings is 1. The van der Waals surface area contributed by atoms with Gasteiger partial charge in [-0.3, -0.25) is 9.78 Å². The zero-order valence-electron chi connectivity index (χ0n) is 11.1. The van der Waals surface area contributed by atoms with Crippen molar-refractivity contribution in [2.75, 3.05) is 13.2 Å². The van der Waals surface area contributed by atoms with Gasteiger partial charge in [-0.2, -0.15) is 0 Å². The van der Waals surface area contributed by atoms with Crippen LogP contribution < -0.4 is 10.1 Å². The SMILES string of the molecule is CC(=O)NCCOc1ccc(-c2ccccc2F)nc1. The van der Waals surface area contributed by atoms with Crippen LogP contribution in [0.4, 0.5) is 4.39 Å². The molecule has 1 heterocycles. The number of amides is 1. The Morgan fingerprint density at radius 2 is 2.10 bits per heavy atom. The molecule has 0 spiro atoms. The normalized spacial score (nSPS) is 10.1. The van der Waals surface area contributed by atoms with Crippen molar-refractivity contribution in [1.29, 1.82) is 0 Å². The van der Waals surface area contributed by atoms with Crippen LogP contribution in [0, 0.1) is 5.82 Å². The molecule has 20 heavy (non-hydrogen) atoms. The summed E-state index contributed by atoms with van der Waals surface area (Å²) in [7, 11) is 0. The van der Waals surface area contributed by atoms with Gasteiger partial charge in [0.05, 0.1) is 18.4 Å². The molecule has 1 N–H and O–H groups in total. The largest absolute Gasteiger partial charge is 0.490 e. The molecule has 0 aliphatic rings. The summed E-state index contributed by atoms with van der Waals surface area (Å²) < 4.78 is 19.0. The highest BCUT2D eigenvalue weighted by Gasteiger charge is 2.05. The Labute approximate surface area is 116 Å². The molecule has 0 atom stereocenters. The number of carbonyl (C=O) groups is 1. The zero-order chi connectivity index (χ0) is 14.4. The standard InChI is InChI=1S/C15H15FN2O2/c1-11(19)17-8-9-20-12-6-7-15(18-10-12)13-4-2-3-5-14(13)16/h2-7,10H,8-9H2,1H3,(H,17,19). The maximum absolute atomic E-state index is 13.6. The van der Waals surface area contributed by atoms with Crippen molar-refractivity contribution in [3.8, 4) is 17.0 Å². The Hall–Kier alpha value is -2.43. The topological polar surface area (TPSA) is 51.2 Å². The van der Waals surface area contributed by atoms with Crippen LogP contribution in [0.1, 0.15) is 6.92 Å². The third-order valence-electron chi connectivity index (χ3n) is 2.63. The predicted molar refractivity (Wildman–Crippen MR) is 73.8 cm³/mol. The number of hydrogen-bond donors (Lipinski definition) is 1. The van der Waals surface area contributed by atoms with Gasteiger partial charge in [-0.05, 0) is 24.3 Å². The summed E-state index contributed by atoms with van der Waals surface area (Å²) in [6.07, 6.45) is 1.54. The van der Waals surface area contributed by atoms with E-state index in [0.29, 0.717) is 30.2 Å². The number of carbonyl (C=O) groups excluding carboxylic acids is 1. The van der Waals surface area contributed by atoms with Crippen LogP contribution in [0.25, 0.3) is 11.3 Å². The maximum atomic E-state index is 13.6. The third kappa shape index (κ3) is 3.78.